The molecular formula is C14H29N3O. The maximum atomic E-state index is 6.08. The van der Waals surface area contributed by atoms with E-state index in [1.165, 1.54) is 25.9 Å². The summed E-state index contributed by atoms with van der Waals surface area (Å²) in [6.07, 6.45) is 2.85. The van der Waals surface area contributed by atoms with Gasteiger partial charge in [-0.3, -0.25) is 9.80 Å². The Kier molecular flexibility index (Phi) is 4.32. The number of fused-ring (bicyclic) bond motifs is 1. The van der Waals surface area contributed by atoms with E-state index in [2.05, 4.69) is 30.6 Å². The van der Waals surface area contributed by atoms with E-state index < -0.39 is 0 Å². The van der Waals surface area contributed by atoms with E-state index in [4.69, 9.17) is 10.5 Å². The van der Waals surface area contributed by atoms with E-state index in [0.29, 0.717) is 12.6 Å². The molecular weight excluding hydrogens is 226 g/mol. The zero-order chi connectivity index (χ0) is 13.3. The van der Waals surface area contributed by atoms with E-state index in [0.717, 1.165) is 12.6 Å². The molecule has 2 saturated heterocycles. The van der Waals surface area contributed by atoms with Crippen LogP contribution < -0.4 is 5.73 Å². The number of ether oxygens (including phenoxy) is 1. The monoisotopic (exact) mass is 255 g/mol. The highest BCUT2D eigenvalue weighted by Gasteiger charge is 2.44. The second-order valence-electron chi connectivity index (χ2n) is 6.23. The van der Waals surface area contributed by atoms with Crippen LogP contribution >= 0.6 is 0 Å². The lowest BCUT2D eigenvalue weighted by atomic mass is 9.89. The van der Waals surface area contributed by atoms with Gasteiger partial charge >= 0.3 is 0 Å². The predicted molar refractivity (Wildman–Crippen MR) is 74.7 cm³/mol. The third-order valence-electron chi connectivity index (χ3n) is 5.24. The third-order valence-corrected chi connectivity index (χ3v) is 5.24. The number of nitrogens with zero attached hydrogens (tertiary/aromatic N) is 2. The highest BCUT2D eigenvalue weighted by Crippen LogP contribution is 2.31. The topological polar surface area (TPSA) is 41.7 Å². The maximum Gasteiger partial charge on any atom is 0.0736 e. The van der Waals surface area contributed by atoms with Crippen LogP contribution in [0.3, 0.4) is 0 Å². The minimum absolute atomic E-state index is 0.0527. The van der Waals surface area contributed by atoms with Crippen LogP contribution in [0, 0.1) is 0 Å². The van der Waals surface area contributed by atoms with E-state index in [1.54, 1.807) is 7.11 Å². The highest BCUT2D eigenvalue weighted by atomic mass is 16.5. The molecule has 0 amide bonds. The Balaban J connectivity index is 2.14. The van der Waals surface area contributed by atoms with E-state index in [1.807, 2.05) is 0 Å². The average molecular weight is 255 g/mol. The molecule has 0 aromatic carbocycles. The normalized spacial score (nSPS) is 35.2. The lowest BCUT2D eigenvalue weighted by molar-refractivity contribution is -0.0799. The van der Waals surface area contributed by atoms with Crippen molar-refractivity contribution in [3.8, 4) is 0 Å². The Morgan fingerprint density at radius 1 is 1.44 bits per heavy atom. The summed E-state index contributed by atoms with van der Waals surface area (Å²) in [4.78, 5) is 5.24. The van der Waals surface area contributed by atoms with Gasteiger partial charge in [-0.05, 0) is 40.2 Å². The van der Waals surface area contributed by atoms with Gasteiger partial charge in [-0.25, -0.2) is 0 Å². The second kappa shape index (κ2) is 5.45. The molecule has 0 spiro atoms. The van der Waals surface area contributed by atoms with Crippen molar-refractivity contribution in [2.24, 2.45) is 5.73 Å². The first kappa shape index (κ1) is 14.3. The molecule has 4 unspecified atom stereocenters. The van der Waals surface area contributed by atoms with Crippen LogP contribution in [0.25, 0.3) is 0 Å². The Morgan fingerprint density at radius 2 is 2.17 bits per heavy atom. The highest BCUT2D eigenvalue weighted by molar-refractivity contribution is 5.01. The number of rotatable bonds is 4. The van der Waals surface area contributed by atoms with Crippen LogP contribution in [0.2, 0.25) is 0 Å². The second-order valence-corrected chi connectivity index (χ2v) is 6.23. The summed E-state index contributed by atoms with van der Waals surface area (Å²) in [5, 5.41) is 0. The van der Waals surface area contributed by atoms with Crippen molar-refractivity contribution in [3.63, 3.8) is 0 Å². The van der Waals surface area contributed by atoms with E-state index in [-0.39, 0.29) is 11.6 Å². The molecule has 0 aliphatic carbocycles. The lowest BCUT2D eigenvalue weighted by Gasteiger charge is -2.52. The average Bonchev–Trinajstić information content (AvgIpc) is 2.82. The fourth-order valence-electron chi connectivity index (χ4n) is 3.67. The smallest absolute Gasteiger partial charge is 0.0736 e. The minimum Gasteiger partial charge on any atom is -0.380 e. The van der Waals surface area contributed by atoms with Gasteiger partial charge in [-0.2, -0.15) is 0 Å². The molecule has 0 saturated carbocycles. The summed E-state index contributed by atoms with van der Waals surface area (Å²) in [5.74, 6) is 0. The lowest BCUT2D eigenvalue weighted by Crippen LogP contribution is -2.68. The molecule has 2 heterocycles. The molecule has 2 aliphatic rings. The van der Waals surface area contributed by atoms with Crippen molar-refractivity contribution in [1.82, 2.24) is 9.80 Å². The Labute approximate surface area is 111 Å². The molecule has 4 nitrogen and oxygen atoms in total. The van der Waals surface area contributed by atoms with Gasteiger partial charge in [0.15, 0.2) is 0 Å². The van der Waals surface area contributed by atoms with Crippen LogP contribution in [0.4, 0.5) is 0 Å². The number of hydrogen-bond acceptors (Lipinski definition) is 4. The number of piperazine rings is 1. The molecule has 2 fully saturated rings. The van der Waals surface area contributed by atoms with Crippen LogP contribution in [0.1, 0.15) is 33.6 Å². The van der Waals surface area contributed by atoms with Crippen molar-refractivity contribution in [3.05, 3.63) is 0 Å². The van der Waals surface area contributed by atoms with E-state index in [9.17, 15) is 0 Å². The summed E-state index contributed by atoms with van der Waals surface area (Å²) in [6, 6.07) is 1.29. The van der Waals surface area contributed by atoms with Crippen LogP contribution in [0.5, 0.6) is 0 Å². The quantitative estimate of drug-likeness (QED) is 0.811. The summed E-state index contributed by atoms with van der Waals surface area (Å²) in [6.45, 7) is 11.0. The summed E-state index contributed by atoms with van der Waals surface area (Å²) < 4.78 is 5.58. The number of hydrogen-bond donors (Lipinski definition) is 1. The largest absolute Gasteiger partial charge is 0.380 e. The molecule has 4 atom stereocenters. The Hall–Kier alpha value is -0.160. The molecule has 0 aromatic rings. The molecule has 18 heavy (non-hydrogen) atoms. The van der Waals surface area contributed by atoms with Gasteiger partial charge in [-0.15, -0.1) is 0 Å². The van der Waals surface area contributed by atoms with Gasteiger partial charge in [0.25, 0.3) is 0 Å². The first-order valence-corrected chi connectivity index (χ1v) is 7.26. The van der Waals surface area contributed by atoms with Crippen LogP contribution in [-0.2, 0) is 4.74 Å². The SMILES string of the molecule is COC(C)C(C)(CN)N1CC2CCCN2CC1C. The molecule has 2 aliphatic heterocycles. The number of nitrogens with two attached hydrogens (primary N) is 1. The Bertz CT molecular complexity index is 286. The fourth-order valence-corrected chi connectivity index (χ4v) is 3.67. The maximum absolute atomic E-state index is 6.08. The van der Waals surface area contributed by atoms with Gasteiger partial charge in [0, 0.05) is 38.8 Å². The van der Waals surface area contributed by atoms with Gasteiger partial charge in [-0.1, -0.05) is 0 Å². The van der Waals surface area contributed by atoms with Gasteiger partial charge in [0.2, 0.25) is 0 Å². The standard InChI is InChI=1S/C14H29N3O/c1-11-8-16-7-5-6-13(16)9-17(11)14(3,10-15)12(2)18-4/h11-13H,5-10,15H2,1-4H3. The Morgan fingerprint density at radius 3 is 2.78 bits per heavy atom. The predicted octanol–water partition coefficient (Wildman–Crippen LogP) is 0.907. The first-order chi connectivity index (χ1) is 8.52. The van der Waals surface area contributed by atoms with Gasteiger partial charge in [0.05, 0.1) is 11.6 Å². The first-order valence-electron chi connectivity index (χ1n) is 7.26. The molecule has 2 rings (SSSR count). The molecule has 106 valence electrons. The van der Waals surface area contributed by atoms with Crippen molar-refractivity contribution in [2.45, 2.75) is 57.3 Å². The molecule has 0 aromatic heterocycles. The zero-order valence-electron chi connectivity index (χ0n) is 12.4. The van der Waals surface area contributed by atoms with Gasteiger partial charge < -0.3 is 10.5 Å². The van der Waals surface area contributed by atoms with Crippen molar-refractivity contribution >= 4 is 0 Å². The van der Waals surface area contributed by atoms with Crippen molar-refractivity contribution < 1.29 is 4.74 Å². The van der Waals surface area contributed by atoms with Crippen LogP contribution in [0.15, 0.2) is 0 Å². The summed E-state index contributed by atoms with van der Waals surface area (Å²) in [7, 11) is 1.79. The molecule has 2 N–H and O–H groups in total. The number of methoxy groups -OCH3 is 1. The third kappa shape index (κ3) is 2.31. The fraction of sp³-hybridized carbons (Fsp3) is 1.00. The van der Waals surface area contributed by atoms with Crippen LogP contribution in [-0.4, -0.2) is 66.8 Å². The zero-order valence-corrected chi connectivity index (χ0v) is 12.4. The van der Waals surface area contributed by atoms with E-state index >= 15 is 0 Å². The minimum atomic E-state index is -0.0527. The van der Waals surface area contributed by atoms with Crippen molar-refractivity contribution in [2.75, 3.05) is 33.3 Å². The molecule has 0 bridgehead atoms. The molecule has 4 heteroatoms. The van der Waals surface area contributed by atoms with Gasteiger partial charge in [0.1, 0.15) is 0 Å². The summed E-state index contributed by atoms with van der Waals surface area (Å²) >= 11 is 0. The molecule has 0 radical (unpaired) electrons. The summed E-state index contributed by atoms with van der Waals surface area (Å²) in [5.41, 5.74) is 6.03. The van der Waals surface area contributed by atoms with Crippen molar-refractivity contribution in [1.29, 1.82) is 0 Å².